The number of ketones is 1. The van der Waals surface area contributed by atoms with Gasteiger partial charge in [0.15, 0.2) is 17.1 Å². The first-order valence-electron chi connectivity index (χ1n) is 9.61. The molecular weight excluding hydrogens is 342 g/mol. The minimum Gasteiger partial charge on any atom is -0.493 e. The normalized spacial score (nSPS) is 30.6. The molecule has 3 aliphatic rings. The van der Waals surface area contributed by atoms with E-state index in [9.17, 15) is 4.79 Å². The predicted octanol–water partition coefficient (Wildman–Crippen LogP) is 4.26. The van der Waals surface area contributed by atoms with Gasteiger partial charge in [-0.2, -0.15) is 0 Å². The molecule has 2 saturated carbocycles. The van der Waals surface area contributed by atoms with Crippen molar-refractivity contribution >= 4 is 17.6 Å². The number of fused-ring (bicyclic) bond motifs is 3. The highest BCUT2D eigenvalue weighted by Gasteiger charge is 2.67. The highest BCUT2D eigenvalue weighted by molar-refractivity contribution is 6.45. The van der Waals surface area contributed by atoms with Crippen molar-refractivity contribution in [1.29, 1.82) is 0 Å². The Morgan fingerprint density at radius 2 is 1.93 bits per heavy atom. The van der Waals surface area contributed by atoms with Gasteiger partial charge < -0.3 is 14.3 Å². The number of allylic oxidation sites excluding steroid dienone is 1. The van der Waals surface area contributed by atoms with Gasteiger partial charge >= 0.3 is 0 Å². The number of carbonyl (C=O) groups excluding carboxylic acids is 1. The first-order chi connectivity index (χ1) is 12.9. The summed E-state index contributed by atoms with van der Waals surface area (Å²) in [7, 11) is 3.19. The van der Waals surface area contributed by atoms with Crippen LogP contribution in [0, 0.1) is 17.3 Å². The third kappa shape index (κ3) is 2.67. The molecule has 144 valence electrons. The molecule has 1 aliphatic heterocycles. The number of hydrogen-bond acceptors (Lipinski definition) is 5. The molecule has 2 aliphatic carbocycles. The molecule has 1 aromatic carbocycles. The van der Waals surface area contributed by atoms with Gasteiger partial charge in [-0.25, -0.2) is 0 Å². The molecule has 1 spiro atoms. The number of ether oxygens (including phenoxy) is 2. The lowest BCUT2D eigenvalue weighted by Crippen LogP contribution is -2.49. The van der Waals surface area contributed by atoms with Gasteiger partial charge in [-0.05, 0) is 49.0 Å². The van der Waals surface area contributed by atoms with Crippen LogP contribution in [-0.4, -0.2) is 31.3 Å². The summed E-state index contributed by atoms with van der Waals surface area (Å²) in [4.78, 5) is 18.7. The van der Waals surface area contributed by atoms with Gasteiger partial charge in [-0.15, -0.1) is 0 Å². The average molecular weight is 369 g/mol. The summed E-state index contributed by atoms with van der Waals surface area (Å²) >= 11 is 0. The van der Waals surface area contributed by atoms with Crippen LogP contribution in [0.3, 0.4) is 0 Å². The fourth-order valence-electron chi connectivity index (χ4n) is 5.30. The molecule has 4 rings (SSSR count). The maximum absolute atomic E-state index is 12.7. The minimum atomic E-state index is -0.294. The Labute approximate surface area is 160 Å². The van der Waals surface area contributed by atoms with Gasteiger partial charge in [0, 0.05) is 17.8 Å². The molecule has 5 nitrogen and oxygen atoms in total. The Kier molecular flexibility index (Phi) is 4.28. The highest BCUT2D eigenvalue weighted by atomic mass is 16.7. The van der Waals surface area contributed by atoms with Crippen molar-refractivity contribution in [3.63, 3.8) is 0 Å². The Hall–Kier alpha value is -2.30. The van der Waals surface area contributed by atoms with Crippen molar-refractivity contribution in [3.05, 3.63) is 29.8 Å². The van der Waals surface area contributed by atoms with Crippen molar-refractivity contribution in [1.82, 2.24) is 0 Å². The number of hydrogen-bond donors (Lipinski definition) is 0. The summed E-state index contributed by atoms with van der Waals surface area (Å²) < 4.78 is 10.6. The van der Waals surface area contributed by atoms with E-state index in [0.29, 0.717) is 35.5 Å². The Bertz CT molecular complexity index is 826. The van der Waals surface area contributed by atoms with Crippen LogP contribution >= 0.6 is 0 Å². The molecule has 0 aromatic heterocycles. The van der Waals surface area contributed by atoms with E-state index in [-0.39, 0.29) is 16.8 Å². The van der Waals surface area contributed by atoms with Gasteiger partial charge in [0.25, 0.3) is 0 Å². The van der Waals surface area contributed by atoms with Crippen molar-refractivity contribution in [2.24, 2.45) is 22.4 Å². The van der Waals surface area contributed by atoms with E-state index in [1.165, 1.54) is 19.3 Å². The number of carbonyl (C=O) groups is 1. The molecule has 0 radical (unpaired) electrons. The first-order valence-corrected chi connectivity index (χ1v) is 9.61. The summed E-state index contributed by atoms with van der Waals surface area (Å²) in [5.74, 6) is 2.40. The van der Waals surface area contributed by atoms with Gasteiger partial charge in [0.2, 0.25) is 5.78 Å². The largest absolute Gasteiger partial charge is 0.493 e. The highest BCUT2D eigenvalue weighted by Crippen LogP contribution is 2.65. The summed E-state index contributed by atoms with van der Waals surface area (Å²) in [6, 6.07) is 5.56. The quantitative estimate of drug-likeness (QED) is 0.728. The molecule has 5 heteroatoms. The molecule has 2 fully saturated rings. The van der Waals surface area contributed by atoms with Crippen LogP contribution in [0.1, 0.15) is 45.1 Å². The molecule has 2 bridgehead atoms. The second kappa shape index (κ2) is 6.39. The Morgan fingerprint density at radius 1 is 1.19 bits per heavy atom. The molecule has 1 aromatic rings. The minimum absolute atomic E-state index is 0.0640. The number of benzene rings is 1. The molecule has 0 N–H and O–H groups in total. The molecule has 1 heterocycles. The van der Waals surface area contributed by atoms with Crippen molar-refractivity contribution in [2.45, 2.75) is 45.1 Å². The third-order valence-corrected chi connectivity index (χ3v) is 7.07. The van der Waals surface area contributed by atoms with Crippen LogP contribution in [0.15, 0.2) is 29.4 Å². The van der Waals surface area contributed by atoms with E-state index < -0.39 is 0 Å². The molecule has 1 unspecified atom stereocenters. The van der Waals surface area contributed by atoms with E-state index in [2.05, 4.69) is 19.0 Å². The lowest BCUT2D eigenvalue weighted by Gasteiger charge is -2.44. The second-order valence-corrected chi connectivity index (χ2v) is 8.44. The van der Waals surface area contributed by atoms with Crippen molar-refractivity contribution in [2.75, 3.05) is 14.2 Å². The van der Waals surface area contributed by atoms with Gasteiger partial charge in [0.05, 0.1) is 14.2 Å². The van der Waals surface area contributed by atoms with Crippen molar-refractivity contribution in [3.8, 4) is 11.5 Å². The SMILES string of the molecule is COc1ccc(/C=C/C(=O)C2=NOC3(C2)[C@H]2CC[C@H](C2)C3(C)C)cc1OC. The monoisotopic (exact) mass is 369 g/mol. The van der Waals surface area contributed by atoms with E-state index in [1.807, 2.05) is 18.2 Å². The van der Waals surface area contributed by atoms with E-state index in [1.54, 1.807) is 26.4 Å². The lowest BCUT2D eigenvalue weighted by atomic mass is 9.63. The van der Waals surface area contributed by atoms with Crippen LogP contribution in [0.25, 0.3) is 6.08 Å². The van der Waals surface area contributed by atoms with Crippen molar-refractivity contribution < 1.29 is 19.1 Å². The molecule has 0 saturated heterocycles. The third-order valence-electron chi connectivity index (χ3n) is 7.07. The Balaban J connectivity index is 1.48. The maximum atomic E-state index is 12.7. The van der Waals surface area contributed by atoms with E-state index >= 15 is 0 Å². The second-order valence-electron chi connectivity index (χ2n) is 8.44. The summed E-state index contributed by atoms with van der Waals surface area (Å²) in [6.07, 6.45) is 7.63. The van der Waals surface area contributed by atoms with Crippen LogP contribution in [0.2, 0.25) is 0 Å². The number of nitrogens with zero attached hydrogens (tertiary/aromatic N) is 1. The van der Waals surface area contributed by atoms with Crippen LogP contribution < -0.4 is 9.47 Å². The Morgan fingerprint density at radius 3 is 2.59 bits per heavy atom. The fourth-order valence-corrected chi connectivity index (χ4v) is 5.30. The van der Waals surface area contributed by atoms with Crippen LogP contribution in [-0.2, 0) is 9.63 Å². The zero-order valence-electron chi connectivity index (χ0n) is 16.5. The van der Waals surface area contributed by atoms with Gasteiger partial charge in [0.1, 0.15) is 5.71 Å². The molecule has 27 heavy (non-hydrogen) atoms. The molecular formula is C22H27NO4. The topological polar surface area (TPSA) is 57.1 Å². The zero-order valence-corrected chi connectivity index (χ0v) is 16.5. The lowest BCUT2D eigenvalue weighted by molar-refractivity contribution is -0.135. The maximum Gasteiger partial charge on any atom is 0.203 e. The standard InChI is InChI=1S/C22H27NO4/c1-21(2)15-7-8-16(12-15)22(21)13-17(23-27-22)18(24)9-5-14-6-10-19(25-3)20(11-14)26-4/h5-6,9-11,15-16H,7-8,12-13H2,1-4H3/b9-5+/t15-,16+,22?/m1/s1. The van der Waals surface area contributed by atoms with Gasteiger partial charge in [-0.3, -0.25) is 4.79 Å². The number of methoxy groups -OCH3 is 2. The summed E-state index contributed by atoms with van der Waals surface area (Å²) in [5, 5.41) is 4.23. The molecule has 0 amide bonds. The predicted molar refractivity (Wildman–Crippen MR) is 104 cm³/mol. The fraction of sp³-hybridized carbons (Fsp3) is 0.545. The van der Waals surface area contributed by atoms with E-state index in [0.717, 1.165) is 5.56 Å². The first kappa shape index (κ1) is 18.1. The van der Waals surface area contributed by atoms with Crippen LogP contribution in [0.5, 0.6) is 11.5 Å². The number of oxime groups is 1. The average Bonchev–Trinajstić information content (AvgIpc) is 3.37. The number of rotatable bonds is 5. The summed E-state index contributed by atoms with van der Waals surface area (Å²) in [6.45, 7) is 4.55. The smallest absolute Gasteiger partial charge is 0.203 e. The summed E-state index contributed by atoms with van der Waals surface area (Å²) in [5.41, 5.74) is 1.18. The van der Waals surface area contributed by atoms with Gasteiger partial charge in [-0.1, -0.05) is 31.1 Å². The zero-order chi connectivity index (χ0) is 19.2. The van der Waals surface area contributed by atoms with E-state index in [4.69, 9.17) is 14.3 Å². The molecule has 3 atom stereocenters. The van der Waals surface area contributed by atoms with Crippen LogP contribution in [0.4, 0.5) is 0 Å².